The molecule has 1 saturated heterocycles. The van der Waals surface area contributed by atoms with Crippen LogP contribution in [-0.4, -0.2) is 22.6 Å². The number of anilines is 1. The predicted octanol–water partition coefficient (Wildman–Crippen LogP) is 4.48. The van der Waals surface area contributed by atoms with E-state index in [1.54, 1.807) is 0 Å². The van der Waals surface area contributed by atoms with Gasteiger partial charge in [-0.05, 0) is 31.4 Å². The van der Waals surface area contributed by atoms with Crippen LogP contribution in [0.2, 0.25) is 0 Å². The summed E-state index contributed by atoms with van der Waals surface area (Å²) >= 11 is 0. The number of nitrogens with one attached hydrogen (secondary N) is 1. The number of aryl methyl sites for hydroxylation is 1. The third-order valence-corrected chi connectivity index (χ3v) is 4.36. The summed E-state index contributed by atoms with van der Waals surface area (Å²) in [6.45, 7) is 6.87. The van der Waals surface area contributed by atoms with Crippen LogP contribution in [0.5, 0.6) is 0 Å². The van der Waals surface area contributed by atoms with Gasteiger partial charge in [-0.1, -0.05) is 37.2 Å². The fraction of sp³-hybridized carbons (Fsp3) is 0.444. The Morgan fingerprint density at radius 1 is 1.39 bits per heavy atom. The van der Waals surface area contributed by atoms with E-state index in [1.165, 1.54) is 0 Å². The van der Waals surface area contributed by atoms with Crippen molar-refractivity contribution < 1.29 is 9.32 Å². The summed E-state index contributed by atoms with van der Waals surface area (Å²) < 4.78 is 5.40. The molecular weight excluding hydrogens is 290 g/mol. The molecule has 1 aliphatic heterocycles. The highest BCUT2D eigenvalue weighted by molar-refractivity contribution is 5.90. The monoisotopic (exact) mass is 313 g/mol. The first-order valence-electron chi connectivity index (χ1n) is 8.16. The zero-order valence-electron chi connectivity index (χ0n) is 13.9. The standard InChI is InChI=1S/C18H23N3O2/c1-12(2)17-11-15(20-23-17)16-9-6-10-21(16)18(22)19-14-8-5-4-7-13(14)3/h4-5,7-8,11-12,16H,6,9-10H2,1-3H3,(H,19,22)/t16-/m1/s1. The molecule has 23 heavy (non-hydrogen) atoms. The van der Waals surface area contributed by atoms with Gasteiger partial charge in [-0.15, -0.1) is 0 Å². The SMILES string of the molecule is Cc1ccccc1NC(=O)N1CCC[C@@H]1c1cc(C(C)C)on1. The predicted molar refractivity (Wildman–Crippen MR) is 89.5 cm³/mol. The maximum atomic E-state index is 12.6. The Labute approximate surface area is 136 Å². The number of carbonyl (C=O) groups is 1. The van der Waals surface area contributed by atoms with Crippen molar-refractivity contribution in [2.75, 3.05) is 11.9 Å². The van der Waals surface area contributed by atoms with Crippen molar-refractivity contribution in [3.63, 3.8) is 0 Å². The quantitative estimate of drug-likeness (QED) is 0.909. The van der Waals surface area contributed by atoms with Gasteiger partial charge in [-0.25, -0.2) is 4.79 Å². The molecule has 5 heteroatoms. The average molecular weight is 313 g/mol. The topological polar surface area (TPSA) is 58.4 Å². The summed E-state index contributed by atoms with van der Waals surface area (Å²) in [4.78, 5) is 14.5. The minimum atomic E-state index is -0.0732. The average Bonchev–Trinajstić information content (AvgIpc) is 3.17. The van der Waals surface area contributed by atoms with Gasteiger partial charge >= 0.3 is 6.03 Å². The Bertz CT molecular complexity index is 693. The molecule has 0 spiro atoms. The van der Waals surface area contributed by atoms with Crippen LogP contribution in [0.15, 0.2) is 34.9 Å². The van der Waals surface area contributed by atoms with E-state index in [2.05, 4.69) is 24.3 Å². The Balaban J connectivity index is 1.75. The van der Waals surface area contributed by atoms with Gasteiger partial charge in [0.1, 0.15) is 11.5 Å². The molecule has 1 atom stereocenters. The van der Waals surface area contributed by atoms with Crippen molar-refractivity contribution in [1.29, 1.82) is 0 Å². The summed E-state index contributed by atoms with van der Waals surface area (Å²) in [6, 6.07) is 9.71. The number of para-hydroxylation sites is 1. The zero-order chi connectivity index (χ0) is 16.4. The molecule has 0 unspecified atom stereocenters. The number of hydrogen-bond donors (Lipinski definition) is 1. The number of benzene rings is 1. The number of amides is 2. The van der Waals surface area contributed by atoms with E-state index in [0.29, 0.717) is 5.92 Å². The first-order chi connectivity index (χ1) is 11.1. The molecular formula is C18H23N3O2. The second-order valence-corrected chi connectivity index (χ2v) is 6.41. The molecule has 2 aromatic rings. The molecule has 3 rings (SSSR count). The Morgan fingerprint density at radius 2 is 2.17 bits per heavy atom. The normalized spacial score (nSPS) is 17.7. The molecule has 0 radical (unpaired) electrons. The molecule has 1 N–H and O–H groups in total. The lowest BCUT2D eigenvalue weighted by molar-refractivity contribution is 0.204. The second kappa shape index (κ2) is 6.44. The highest BCUT2D eigenvalue weighted by atomic mass is 16.5. The van der Waals surface area contributed by atoms with E-state index in [1.807, 2.05) is 42.2 Å². The van der Waals surface area contributed by atoms with Crippen LogP contribution < -0.4 is 5.32 Å². The van der Waals surface area contributed by atoms with Gasteiger partial charge in [0.05, 0.1) is 6.04 Å². The second-order valence-electron chi connectivity index (χ2n) is 6.41. The summed E-state index contributed by atoms with van der Waals surface area (Å²) in [5.74, 6) is 1.16. The molecule has 1 fully saturated rings. The fourth-order valence-corrected chi connectivity index (χ4v) is 2.95. The third kappa shape index (κ3) is 3.23. The highest BCUT2D eigenvalue weighted by Crippen LogP contribution is 2.33. The van der Waals surface area contributed by atoms with E-state index < -0.39 is 0 Å². The zero-order valence-corrected chi connectivity index (χ0v) is 13.9. The number of carbonyl (C=O) groups excluding carboxylic acids is 1. The molecule has 1 aliphatic rings. The van der Waals surface area contributed by atoms with Crippen LogP contribution in [0.3, 0.4) is 0 Å². The van der Waals surface area contributed by atoms with Crippen LogP contribution in [0.4, 0.5) is 10.5 Å². The van der Waals surface area contributed by atoms with Crippen LogP contribution in [-0.2, 0) is 0 Å². The number of urea groups is 1. The lowest BCUT2D eigenvalue weighted by atomic mass is 10.1. The van der Waals surface area contributed by atoms with Gasteiger partial charge in [0.15, 0.2) is 0 Å². The molecule has 5 nitrogen and oxygen atoms in total. The minimum Gasteiger partial charge on any atom is -0.361 e. The number of rotatable bonds is 3. The van der Waals surface area contributed by atoms with Gasteiger partial charge in [-0.3, -0.25) is 0 Å². The van der Waals surface area contributed by atoms with Crippen molar-refractivity contribution in [3.05, 3.63) is 47.3 Å². The number of aromatic nitrogens is 1. The van der Waals surface area contributed by atoms with Gasteiger partial charge in [0.25, 0.3) is 0 Å². The summed E-state index contributed by atoms with van der Waals surface area (Å²) in [7, 11) is 0. The van der Waals surface area contributed by atoms with Gasteiger partial charge < -0.3 is 14.7 Å². The van der Waals surface area contributed by atoms with Gasteiger partial charge in [0.2, 0.25) is 0 Å². The van der Waals surface area contributed by atoms with Crippen molar-refractivity contribution in [1.82, 2.24) is 10.1 Å². The van der Waals surface area contributed by atoms with Crippen molar-refractivity contribution >= 4 is 11.7 Å². The van der Waals surface area contributed by atoms with E-state index in [0.717, 1.165) is 42.1 Å². The number of likely N-dealkylation sites (tertiary alicyclic amines) is 1. The van der Waals surface area contributed by atoms with Crippen LogP contribution >= 0.6 is 0 Å². The van der Waals surface area contributed by atoms with Crippen molar-refractivity contribution in [2.45, 2.75) is 45.6 Å². The van der Waals surface area contributed by atoms with Gasteiger partial charge in [0, 0.05) is 24.2 Å². The van der Waals surface area contributed by atoms with Crippen molar-refractivity contribution in [2.24, 2.45) is 0 Å². The molecule has 1 aromatic carbocycles. The van der Waals surface area contributed by atoms with Crippen LogP contribution in [0, 0.1) is 6.92 Å². The van der Waals surface area contributed by atoms with E-state index in [9.17, 15) is 4.79 Å². The summed E-state index contributed by atoms with van der Waals surface area (Å²) in [5.41, 5.74) is 2.76. The Hall–Kier alpha value is -2.30. The Morgan fingerprint density at radius 3 is 2.87 bits per heavy atom. The van der Waals surface area contributed by atoms with E-state index in [4.69, 9.17) is 4.52 Å². The third-order valence-electron chi connectivity index (χ3n) is 4.36. The Kier molecular flexibility index (Phi) is 4.37. The fourth-order valence-electron chi connectivity index (χ4n) is 2.95. The number of nitrogens with zero attached hydrogens (tertiary/aromatic N) is 2. The first-order valence-corrected chi connectivity index (χ1v) is 8.16. The van der Waals surface area contributed by atoms with E-state index in [-0.39, 0.29) is 12.1 Å². The van der Waals surface area contributed by atoms with Gasteiger partial charge in [-0.2, -0.15) is 0 Å². The molecule has 1 aromatic heterocycles. The van der Waals surface area contributed by atoms with Crippen LogP contribution in [0.1, 0.15) is 55.7 Å². The number of hydrogen-bond acceptors (Lipinski definition) is 3. The molecule has 0 bridgehead atoms. The first kappa shape index (κ1) is 15.6. The molecule has 0 saturated carbocycles. The molecule has 2 heterocycles. The maximum Gasteiger partial charge on any atom is 0.322 e. The van der Waals surface area contributed by atoms with Crippen molar-refractivity contribution in [3.8, 4) is 0 Å². The molecule has 0 aliphatic carbocycles. The highest BCUT2D eigenvalue weighted by Gasteiger charge is 2.32. The lowest BCUT2D eigenvalue weighted by Crippen LogP contribution is -2.34. The summed E-state index contributed by atoms with van der Waals surface area (Å²) in [6.07, 6.45) is 1.90. The molecule has 122 valence electrons. The molecule has 2 amide bonds. The minimum absolute atomic E-state index is 0.00438. The van der Waals surface area contributed by atoms with Crippen LogP contribution in [0.25, 0.3) is 0 Å². The van der Waals surface area contributed by atoms with E-state index >= 15 is 0 Å². The lowest BCUT2D eigenvalue weighted by Gasteiger charge is -2.23. The smallest absolute Gasteiger partial charge is 0.322 e. The largest absolute Gasteiger partial charge is 0.361 e. The maximum absolute atomic E-state index is 12.6. The summed E-state index contributed by atoms with van der Waals surface area (Å²) in [5, 5.41) is 7.19.